The minimum absolute atomic E-state index is 0.0243. The number of nitrogens with two attached hydrogens (primary N) is 1. The maximum Gasteiger partial charge on any atom is 0.271 e. The topological polar surface area (TPSA) is 77.2 Å². The molecule has 0 aromatic rings. The van der Waals surface area contributed by atoms with E-state index in [-0.39, 0.29) is 6.42 Å². The summed E-state index contributed by atoms with van der Waals surface area (Å²) in [6, 6.07) is 0. The van der Waals surface area contributed by atoms with Crippen LogP contribution in [-0.2, 0) is 14.8 Å². The van der Waals surface area contributed by atoms with E-state index in [0.29, 0.717) is 12.3 Å². The van der Waals surface area contributed by atoms with Gasteiger partial charge >= 0.3 is 0 Å². The van der Waals surface area contributed by atoms with Crippen LogP contribution < -0.4 is 5.14 Å². The summed E-state index contributed by atoms with van der Waals surface area (Å²) in [5.74, 6) is 0.320. The summed E-state index contributed by atoms with van der Waals surface area (Å²) in [5, 5.41) is 3.72. The molecule has 11 heavy (non-hydrogen) atoms. The van der Waals surface area contributed by atoms with Gasteiger partial charge in [0, 0.05) is 6.42 Å². The van der Waals surface area contributed by atoms with Gasteiger partial charge in [-0.25, -0.2) is 13.6 Å². The molecule has 0 spiro atoms. The van der Waals surface area contributed by atoms with Crippen LogP contribution in [0.25, 0.3) is 0 Å². The molecule has 0 rings (SSSR count). The number of hydrogen-bond acceptors (Lipinski definition) is 3. The number of sulfonamides is 1. The van der Waals surface area contributed by atoms with Crippen molar-refractivity contribution in [3.8, 4) is 0 Å². The molecule has 0 atom stereocenters. The molecule has 0 heterocycles. The molecule has 0 aliphatic rings. The van der Waals surface area contributed by atoms with Crippen LogP contribution in [0, 0.1) is 5.92 Å². The van der Waals surface area contributed by atoms with Crippen LogP contribution in [0.5, 0.6) is 0 Å². The Morgan fingerprint density at radius 1 is 1.45 bits per heavy atom. The first-order chi connectivity index (χ1) is 4.84. The van der Waals surface area contributed by atoms with Crippen molar-refractivity contribution in [2.45, 2.75) is 26.7 Å². The molecule has 4 nitrogen and oxygen atoms in total. The van der Waals surface area contributed by atoms with E-state index >= 15 is 0 Å². The minimum Gasteiger partial charge on any atom is -0.280 e. The van der Waals surface area contributed by atoms with Crippen molar-refractivity contribution < 1.29 is 13.2 Å². The van der Waals surface area contributed by atoms with Crippen molar-refractivity contribution in [3.63, 3.8) is 0 Å². The molecular formula is C6H13NO3S. The lowest BCUT2D eigenvalue weighted by molar-refractivity contribution is -0.112. The third-order valence-corrected chi connectivity index (χ3v) is 2.08. The van der Waals surface area contributed by atoms with Crippen molar-refractivity contribution in [1.29, 1.82) is 0 Å². The van der Waals surface area contributed by atoms with Gasteiger partial charge in [-0.3, -0.25) is 4.79 Å². The fourth-order valence-electron chi connectivity index (χ4n) is 0.549. The van der Waals surface area contributed by atoms with E-state index in [1.165, 1.54) is 0 Å². The average Bonchev–Trinajstić information content (AvgIpc) is 1.80. The summed E-state index contributed by atoms with van der Waals surface area (Å²) in [5.41, 5.74) is 0. The molecule has 66 valence electrons. The molecule has 0 unspecified atom stereocenters. The monoisotopic (exact) mass is 179 g/mol. The smallest absolute Gasteiger partial charge is 0.271 e. The Kier molecular flexibility index (Phi) is 3.68. The molecule has 0 aromatic carbocycles. The molecule has 0 bridgehead atoms. The standard InChI is InChI=1S/C6H13NO3S/c1-5(2)3-4-6(8)11(7,9)10/h5H,3-4H2,1-2H3,(H2,7,9,10). The maximum absolute atomic E-state index is 10.7. The molecule has 2 N–H and O–H groups in total. The summed E-state index contributed by atoms with van der Waals surface area (Å²) >= 11 is 0. The molecule has 0 aromatic heterocycles. The number of hydrogen-bond donors (Lipinski definition) is 1. The molecule has 0 saturated heterocycles. The predicted octanol–water partition coefficient (Wildman–Crippen LogP) is 0.238. The van der Waals surface area contributed by atoms with Gasteiger partial charge in [0.15, 0.2) is 0 Å². The van der Waals surface area contributed by atoms with Crippen molar-refractivity contribution >= 4 is 15.1 Å². The number of carbonyl (C=O) groups is 1. The second kappa shape index (κ2) is 3.82. The Balaban J connectivity index is 3.92. The van der Waals surface area contributed by atoms with Gasteiger partial charge in [0.2, 0.25) is 0 Å². The van der Waals surface area contributed by atoms with E-state index < -0.39 is 15.1 Å². The highest BCUT2D eigenvalue weighted by Crippen LogP contribution is 2.04. The molecule has 0 radical (unpaired) electrons. The normalized spacial score (nSPS) is 12.0. The largest absolute Gasteiger partial charge is 0.280 e. The highest BCUT2D eigenvalue weighted by atomic mass is 32.2. The van der Waals surface area contributed by atoms with Crippen LogP contribution in [0.1, 0.15) is 26.7 Å². The third kappa shape index (κ3) is 4.92. The van der Waals surface area contributed by atoms with E-state index in [1.807, 2.05) is 13.8 Å². The summed E-state index contributed by atoms with van der Waals surface area (Å²) < 4.78 is 20.7. The van der Waals surface area contributed by atoms with Crippen molar-refractivity contribution in [1.82, 2.24) is 0 Å². The van der Waals surface area contributed by atoms with Crippen LogP contribution in [-0.4, -0.2) is 13.5 Å². The zero-order valence-electron chi connectivity index (χ0n) is 6.70. The second-order valence-corrected chi connectivity index (χ2v) is 4.39. The SMILES string of the molecule is CC(C)CCC(=O)S(N)(=O)=O. The van der Waals surface area contributed by atoms with Crippen molar-refractivity contribution in [2.24, 2.45) is 11.1 Å². The van der Waals surface area contributed by atoms with E-state index in [4.69, 9.17) is 0 Å². The van der Waals surface area contributed by atoms with Gasteiger partial charge < -0.3 is 0 Å². The zero-order chi connectivity index (χ0) is 9.07. The van der Waals surface area contributed by atoms with Gasteiger partial charge in [-0.05, 0) is 12.3 Å². The summed E-state index contributed by atoms with van der Waals surface area (Å²) in [7, 11) is -3.94. The van der Waals surface area contributed by atoms with E-state index in [1.54, 1.807) is 0 Å². The van der Waals surface area contributed by atoms with Crippen LogP contribution >= 0.6 is 0 Å². The average molecular weight is 179 g/mol. The van der Waals surface area contributed by atoms with Crippen LogP contribution in [0.15, 0.2) is 0 Å². The molecule has 0 fully saturated rings. The van der Waals surface area contributed by atoms with Crippen LogP contribution in [0.2, 0.25) is 0 Å². The van der Waals surface area contributed by atoms with Gasteiger partial charge in [-0.1, -0.05) is 13.8 Å². The molecule has 0 amide bonds. The van der Waals surface area contributed by atoms with Gasteiger partial charge in [0.1, 0.15) is 0 Å². The lowest BCUT2D eigenvalue weighted by Crippen LogP contribution is -2.23. The summed E-state index contributed by atoms with van der Waals surface area (Å²) in [6.45, 7) is 3.83. The lowest BCUT2D eigenvalue weighted by Gasteiger charge is -2.00. The van der Waals surface area contributed by atoms with E-state index in [2.05, 4.69) is 5.14 Å². The van der Waals surface area contributed by atoms with Crippen molar-refractivity contribution in [2.75, 3.05) is 0 Å². The zero-order valence-corrected chi connectivity index (χ0v) is 7.52. The summed E-state index contributed by atoms with van der Waals surface area (Å²) in [4.78, 5) is 10.7. The summed E-state index contributed by atoms with van der Waals surface area (Å²) in [6.07, 6.45) is 0.589. The predicted molar refractivity (Wildman–Crippen MR) is 42.2 cm³/mol. The van der Waals surface area contributed by atoms with Crippen LogP contribution in [0.4, 0.5) is 0 Å². The first-order valence-corrected chi connectivity index (χ1v) is 4.94. The highest BCUT2D eigenvalue weighted by molar-refractivity contribution is 8.04. The van der Waals surface area contributed by atoms with Crippen LogP contribution in [0.3, 0.4) is 0 Å². The molecule has 0 aliphatic carbocycles. The number of rotatable bonds is 3. The second-order valence-electron chi connectivity index (χ2n) is 2.85. The number of primary sulfonamides is 1. The fourth-order valence-corrected chi connectivity index (χ4v) is 0.951. The molecule has 0 aliphatic heterocycles. The first-order valence-electron chi connectivity index (χ1n) is 3.39. The first kappa shape index (κ1) is 10.6. The maximum atomic E-state index is 10.7. The van der Waals surface area contributed by atoms with Crippen molar-refractivity contribution in [3.05, 3.63) is 0 Å². The van der Waals surface area contributed by atoms with Gasteiger partial charge in [0.05, 0.1) is 0 Å². The van der Waals surface area contributed by atoms with E-state index in [9.17, 15) is 13.2 Å². The lowest BCUT2D eigenvalue weighted by atomic mass is 10.1. The quantitative estimate of drug-likeness (QED) is 0.674. The third-order valence-electron chi connectivity index (χ3n) is 1.24. The van der Waals surface area contributed by atoms with Gasteiger partial charge in [-0.15, -0.1) is 0 Å². The molecular weight excluding hydrogens is 166 g/mol. The fraction of sp³-hybridized carbons (Fsp3) is 0.833. The Labute approximate surface area is 66.8 Å². The van der Waals surface area contributed by atoms with Gasteiger partial charge in [0.25, 0.3) is 15.1 Å². The Morgan fingerprint density at radius 2 is 1.91 bits per heavy atom. The van der Waals surface area contributed by atoms with Gasteiger partial charge in [-0.2, -0.15) is 0 Å². The Hall–Kier alpha value is -0.420. The Bertz CT molecular complexity index is 230. The molecule has 0 saturated carbocycles. The minimum atomic E-state index is -3.94. The molecule has 5 heteroatoms. The highest BCUT2D eigenvalue weighted by Gasteiger charge is 2.15. The number of carbonyl (C=O) groups excluding carboxylic acids is 1. The Morgan fingerprint density at radius 3 is 2.18 bits per heavy atom. The van der Waals surface area contributed by atoms with E-state index in [0.717, 1.165) is 0 Å².